The van der Waals surface area contributed by atoms with Crippen LogP contribution in [0.25, 0.3) is 0 Å². The number of carbonyl (C=O) groups is 3. The van der Waals surface area contributed by atoms with Crippen LogP contribution in [-0.2, 0) is 28.6 Å². The number of unbranched alkanes of at least 4 members (excludes halogenated alkanes) is 36. The number of hydrogen-bond acceptors (Lipinski definition) is 6. The monoisotopic (exact) mass is 1130 g/mol. The first kappa shape index (κ1) is 77.3. The first-order valence-corrected chi connectivity index (χ1v) is 34.7. The van der Waals surface area contributed by atoms with Crippen molar-refractivity contribution in [1.82, 2.24) is 0 Å². The van der Waals surface area contributed by atoms with Crippen molar-refractivity contribution in [1.29, 1.82) is 0 Å². The average Bonchev–Trinajstić information content (AvgIpc) is 3.47. The van der Waals surface area contributed by atoms with E-state index in [2.05, 4.69) is 118 Å². The van der Waals surface area contributed by atoms with Gasteiger partial charge in [0.15, 0.2) is 6.10 Å². The van der Waals surface area contributed by atoms with Gasteiger partial charge in [0.25, 0.3) is 0 Å². The van der Waals surface area contributed by atoms with Crippen LogP contribution >= 0.6 is 0 Å². The van der Waals surface area contributed by atoms with E-state index in [4.69, 9.17) is 14.2 Å². The Morgan fingerprint density at radius 3 is 0.753 bits per heavy atom. The van der Waals surface area contributed by atoms with Crippen molar-refractivity contribution in [3.8, 4) is 0 Å². The van der Waals surface area contributed by atoms with Crippen molar-refractivity contribution in [2.24, 2.45) is 0 Å². The van der Waals surface area contributed by atoms with Gasteiger partial charge >= 0.3 is 17.9 Å². The van der Waals surface area contributed by atoms with Crippen molar-refractivity contribution in [2.45, 2.75) is 348 Å². The Balaban J connectivity index is 4.22. The number of allylic oxidation sites excluding steroid dienone is 16. The maximum atomic E-state index is 12.9. The molecule has 0 aromatic heterocycles. The van der Waals surface area contributed by atoms with E-state index in [1.165, 1.54) is 173 Å². The molecule has 0 aromatic rings. The van der Waals surface area contributed by atoms with Crippen LogP contribution in [0.5, 0.6) is 0 Å². The summed E-state index contributed by atoms with van der Waals surface area (Å²) < 4.78 is 16.9. The summed E-state index contributed by atoms with van der Waals surface area (Å²) in [6.07, 6.45) is 93.0. The normalized spacial score (nSPS) is 12.7. The molecule has 0 heterocycles. The molecule has 0 aliphatic carbocycles. The zero-order valence-electron chi connectivity index (χ0n) is 53.5. The molecule has 0 amide bonds. The Hall–Kier alpha value is -3.67. The van der Waals surface area contributed by atoms with E-state index in [0.29, 0.717) is 19.3 Å². The Bertz CT molecular complexity index is 1580. The van der Waals surface area contributed by atoms with E-state index in [1.54, 1.807) is 0 Å². The molecule has 0 aliphatic heterocycles. The molecule has 0 saturated heterocycles. The summed E-state index contributed by atoms with van der Waals surface area (Å²) >= 11 is 0. The standard InChI is InChI=1S/C75H130O6/c1-4-7-10-13-16-19-22-25-28-30-31-32-33-34-35-36-37-38-39-40-41-42-43-45-47-50-53-56-59-62-65-68-74(77)80-71-72(70-79-73(76)67-64-61-58-55-52-49-46-27-24-21-18-15-12-9-6-3)81-75(78)69-66-63-60-57-54-51-48-44-29-26-23-20-17-14-11-8-5-2/h8-9,11-12,17-18,20-22,25-27,29-31,46,72H,4-7,10,13-16,19,23-24,28,32-45,47-71H2,1-3H3/b11-8-,12-9-,20-17-,21-18-,25-22-,29-26-,31-30-,46-27-. The van der Waals surface area contributed by atoms with Gasteiger partial charge < -0.3 is 14.2 Å². The zero-order chi connectivity index (χ0) is 58.5. The lowest BCUT2D eigenvalue weighted by atomic mass is 10.0. The van der Waals surface area contributed by atoms with Gasteiger partial charge in [0.2, 0.25) is 0 Å². The fourth-order valence-corrected chi connectivity index (χ4v) is 9.92. The molecule has 0 aromatic carbocycles. The quantitative estimate of drug-likeness (QED) is 0.0261. The van der Waals surface area contributed by atoms with Gasteiger partial charge in [0.05, 0.1) is 0 Å². The summed E-state index contributed by atoms with van der Waals surface area (Å²) in [6, 6.07) is 0. The first-order valence-electron chi connectivity index (χ1n) is 34.7. The van der Waals surface area contributed by atoms with Gasteiger partial charge in [-0.3, -0.25) is 14.4 Å². The van der Waals surface area contributed by atoms with Crippen LogP contribution in [0.3, 0.4) is 0 Å². The lowest BCUT2D eigenvalue weighted by Crippen LogP contribution is -2.30. The SMILES string of the molecule is CC/C=C\C/C=C\C/C=C\CCCCCCCCCC(=O)OC(COC(=O)CCCCCCC/C=C\C/C=C\C/C=C\CC)COC(=O)CCCCCCCCCCCCCCCCCCCCC/C=C\C/C=C\CCCCCCC. The van der Waals surface area contributed by atoms with Crippen LogP contribution in [0.2, 0.25) is 0 Å². The smallest absolute Gasteiger partial charge is 0.306 e. The molecule has 0 saturated carbocycles. The molecule has 466 valence electrons. The van der Waals surface area contributed by atoms with Gasteiger partial charge in [-0.25, -0.2) is 0 Å². The molecule has 1 atom stereocenters. The van der Waals surface area contributed by atoms with Crippen LogP contribution in [0, 0.1) is 0 Å². The molecule has 0 radical (unpaired) electrons. The van der Waals surface area contributed by atoms with Crippen LogP contribution in [0.4, 0.5) is 0 Å². The predicted octanol–water partition coefficient (Wildman–Crippen LogP) is 24.0. The molecule has 0 aliphatic rings. The fraction of sp³-hybridized carbons (Fsp3) is 0.747. The largest absolute Gasteiger partial charge is 0.462 e. The Morgan fingerprint density at radius 2 is 0.481 bits per heavy atom. The third-order valence-electron chi connectivity index (χ3n) is 15.1. The highest BCUT2D eigenvalue weighted by Crippen LogP contribution is 2.17. The van der Waals surface area contributed by atoms with Crippen LogP contribution in [0.15, 0.2) is 97.2 Å². The van der Waals surface area contributed by atoms with E-state index >= 15 is 0 Å². The Labute approximate surface area is 502 Å². The van der Waals surface area contributed by atoms with Crippen LogP contribution in [-0.4, -0.2) is 37.2 Å². The van der Waals surface area contributed by atoms with Gasteiger partial charge in [-0.05, 0) is 116 Å². The second-order valence-electron chi connectivity index (χ2n) is 23.0. The summed E-state index contributed by atoms with van der Waals surface area (Å²) in [5.41, 5.74) is 0. The molecule has 6 nitrogen and oxygen atoms in total. The Morgan fingerprint density at radius 1 is 0.259 bits per heavy atom. The number of hydrogen-bond donors (Lipinski definition) is 0. The molecule has 81 heavy (non-hydrogen) atoms. The van der Waals surface area contributed by atoms with Crippen LogP contribution < -0.4 is 0 Å². The van der Waals surface area contributed by atoms with Gasteiger partial charge in [-0.15, -0.1) is 0 Å². The third kappa shape index (κ3) is 67.0. The topological polar surface area (TPSA) is 78.9 Å². The highest BCUT2D eigenvalue weighted by atomic mass is 16.6. The van der Waals surface area contributed by atoms with Crippen molar-refractivity contribution in [3.05, 3.63) is 97.2 Å². The van der Waals surface area contributed by atoms with Gasteiger partial charge in [0, 0.05) is 19.3 Å². The molecule has 0 fully saturated rings. The van der Waals surface area contributed by atoms with Gasteiger partial charge in [-0.2, -0.15) is 0 Å². The van der Waals surface area contributed by atoms with Crippen LogP contribution in [0.1, 0.15) is 342 Å². The molecular weight excluding hydrogens is 997 g/mol. The number of carbonyl (C=O) groups excluding carboxylic acids is 3. The minimum Gasteiger partial charge on any atom is -0.462 e. The third-order valence-corrected chi connectivity index (χ3v) is 15.1. The summed E-state index contributed by atoms with van der Waals surface area (Å²) in [5.74, 6) is -0.899. The molecule has 0 N–H and O–H groups in total. The highest BCUT2D eigenvalue weighted by Gasteiger charge is 2.19. The van der Waals surface area contributed by atoms with Gasteiger partial charge in [-0.1, -0.05) is 304 Å². The number of ether oxygens (including phenoxy) is 3. The minimum absolute atomic E-state index is 0.0851. The predicted molar refractivity (Wildman–Crippen MR) is 353 cm³/mol. The average molecular weight is 1130 g/mol. The summed E-state index contributed by atoms with van der Waals surface area (Å²) in [6.45, 7) is 6.42. The van der Waals surface area contributed by atoms with Crippen molar-refractivity contribution in [2.75, 3.05) is 13.2 Å². The maximum absolute atomic E-state index is 12.9. The molecule has 0 rings (SSSR count). The lowest BCUT2D eigenvalue weighted by Gasteiger charge is -2.18. The molecule has 6 heteroatoms. The minimum atomic E-state index is -0.791. The molecule has 0 spiro atoms. The maximum Gasteiger partial charge on any atom is 0.306 e. The van der Waals surface area contributed by atoms with Gasteiger partial charge in [0.1, 0.15) is 13.2 Å². The Kier molecular flexibility index (Phi) is 65.7. The zero-order valence-corrected chi connectivity index (χ0v) is 53.5. The summed E-state index contributed by atoms with van der Waals surface area (Å²) in [7, 11) is 0. The summed E-state index contributed by atoms with van der Waals surface area (Å²) in [4.78, 5) is 38.4. The van der Waals surface area contributed by atoms with E-state index in [0.717, 1.165) is 128 Å². The molecular formula is C75H130O6. The second-order valence-corrected chi connectivity index (χ2v) is 23.0. The van der Waals surface area contributed by atoms with E-state index in [9.17, 15) is 14.4 Å². The highest BCUT2D eigenvalue weighted by molar-refractivity contribution is 5.71. The van der Waals surface area contributed by atoms with Crippen molar-refractivity contribution < 1.29 is 28.6 Å². The second kappa shape index (κ2) is 68.8. The summed E-state index contributed by atoms with van der Waals surface area (Å²) in [5, 5.41) is 0. The van der Waals surface area contributed by atoms with E-state index < -0.39 is 6.10 Å². The van der Waals surface area contributed by atoms with E-state index in [1.807, 2.05) is 0 Å². The number of esters is 3. The molecule has 1 unspecified atom stereocenters. The van der Waals surface area contributed by atoms with E-state index in [-0.39, 0.29) is 31.1 Å². The number of rotatable bonds is 63. The van der Waals surface area contributed by atoms with Crippen molar-refractivity contribution >= 4 is 17.9 Å². The first-order chi connectivity index (χ1) is 40.0. The lowest BCUT2D eigenvalue weighted by molar-refractivity contribution is -0.167. The molecule has 0 bridgehead atoms. The fourth-order valence-electron chi connectivity index (χ4n) is 9.92. The van der Waals surface area contributed by atoms with Crippen molar-refractivity contribution in [3.63, 3.8) is 0 Å².